The average molecular weight is 285 g/mol. The van der Waals surface area contributed by atoms with Crippen LogP contribution in [0.4, 0.5) is 10.1 Å². The third kappa shape index (κ3) is 2.34. The maximum Gasteiger partial charge on any atom is 0.188 e. The van der Waals surface area contributed by atoms with Crippen molar-refractivity contribution >= 4 is 23.2 Å². The van der Waals surface area contributed by atoms with Gasteiger partial charge < -0.3 is 4.90 Å². The standard InChI is InChI=1S/C16H12FNOS/c1-18-13-4-2-3-5-15(13)20-16(18)10-14(19)11-6-8-12(17)9-7-11/h2-10H,1H3. The lowest BCUT2D eigenvalue weighted by atomic mass is 10.1. The summed E-state index contributed by atoms with van der Waals surface area (Å²) in [6, 6.07) is 13.6. The van der Waals surface area contributed by atoms with Crippen molar-refractivity contribution in [3.63, 3.8) is 0 Å². The zero-order chi connectivity index (χ0) is 14.1. The molecule has 0 saturated heterocycles. The van der Waals surface area contributed by atoms with Gasteiger partial charge in [-0.3, -0.25) is 4.79 Å². The zero-order valence-electron chi connectivity index (χ0n) is 10.8. The number of halogens is 1. The molecule has 1 aliphatic rings. The average Bonchev–Trinajstić information content (AvgIpc) is 2.77. The Bertz CT molecular complexity index is 694. The van der Waals surface area contributed by atoms with Crippen LogP contribution in [0.15, 0.2) is 64.5 Å². The van der Waals surface area contributed by atoms with E-state index in [4.69, 9.17) is 0 Å². The maximum absolute atomic E-state index is 12.9. The first-order valence-electron chi connectivity index (χ1n) is 6.17. The number of nitrogens with zero attached hydrogens (tertiary/aromatic N) is 1. The summed E-state index contributed by atoms with van der Waals surface area (Å²) in [5, 5.41) is 0.875. The third-order valence-electron chi connectivity index (χ3n) is 3.16. The van der Waals surface area contributed by atoms with Gasteiger partial charge in [-0.2, -0.15) is 0 Å². The van der Waals surface area contributed by atoms with Gasteiger partial charge in [0.2, 0.25) is 0 Å². The molecule has 0 unspecified atom stereocenters. The molecule has 0 N–H and O–H groups in total. The minimum absolute atomic E-state index is 0.118. The van der Waals surface area contributed by atoms with Crippen LogP contribution in [0, 0.1) is 5.82 Å². The smallest absolute Gasteiger partial charge is 0.188 e. The van der Waals surface area contributed by atoms with Crippen molar-refractivity contribution in [2.75, 3.05) is 11.9 Å². The fourth-order valence-corrected chi connectivity index (χ4v) is 3.14. The number of carbonyl (C=O) groups excluding carboxylic acids is 1. The van der Waals surface area contributed by atoms with E-state index in [1.807, 2.05) is 36.2 Å². The van der Waals surface area contributed by atoms with Gasteiger partial charge in [-0.05, 0) is 36.4 Å². The highest BCUT2D eigenvalue weighted by Crippen LogP contribution is 2.44. The quantitative estimate of drug-likeness (QED) is 0.612. The summed E-state index contributed by atoms with van der Waals surface area (Å²) in [6.45, 7) is 0. The normalized spacial score (nSPS) is 15.5. The summed E-state index contributed by atoms with van der Waals surface area (Å²) >= 11 is 1.56. The molecule has 2 nitrogen and oxygen atoms in total. The van der Waals surface area contributed by atoms with Gasteiger partial charge in [0, 0.05) is 23.6 Å². The Hall–Kier alpha value is -2.07. The van der Waals surface area contributed by atoms with Gasteiger partial charge in [0.15, 0.2) is 5.78 Å². The number of anilines is 1. The predicted molar refractivity (Wildman–Crippen MR) is 79.5 cm³/mol. The lowest BCUT2D eigenvalue weighted by molar-refractivity contribution is 0.104. The molecule has 0 radical (unpaired) electrons. The zero-order valence-corrected chi connectivity index (χ0v) is 11.7. The molecular weight excluding hydrogens is 273 g/mol. The Labute approximate surface area is 120 Å². The highest BCUT2D eigenvalue weighted by molar-refractivity contribution is 8.03. The number of carbonyl (C=O) groups is 1. The molecule has 0 spiro atoms. The Morgan fingerprint density at radius 3 is 2.55 bits per heavy atom. The monoisotopic (exact) mass is 285 g/mol. The summed E-state index contributed by atoms with van der Waals surface area (Å²) in [6.07, 6.45) is 1.60. The van der Waals surface area contributed by atoms with Crippen molar-refractivity contribution in [1.29, 1.82) is 0 Å². The molecule has 100 valence electrons. The molecule has 2 aromatic carbocycles. The number of hydrogen-bond donors (Lipinski definition) is 0. The van der Waals surface area contributed by atoms with Crippen LogP contribution < -0.4 is 4.90 Å². The fourth-order valence-electron chi connectivity index (χ4n) is 2.06. The fraction of sp³-hybridized carbons (Fsp3) is 0.0625. The molecule has 0 fully saturated rings. The summed E-state index contributed by atoms with van der Waals surface area (Å²) in [5.41, 5.74) is 1.58. The lowest BCUT2D eigenvalue weighted by Gasteiger charge is -2.12. The van der Waals surface area contributed by atoms with Crippen LogP contribution in [0.3, 0.4) is 0 Å². The van der Waals surface area contributed by atoms with E-state index in [-0.39, 0.29) is 11.6 Å². The number of benzene rings is 2. The van der Waals surface area contributed by atoms with E-state index in [2.05, 4.69) is 0 Å². The van der Waals surface area contributed by atoms with Gasteiger partial charge in [0.05, 0.1) is 10.7 Å². The molecule has 2 aromatic rings. The number of allylic oxidation sites excluding steroid dienone is 1. The van der Waals surface area contributed by atoms with E-state index in [0.29, 0.717) is 5.56 Å². The van der Waals surface area contributed by atoms with Gasteiger partial charge in [-0.15, -0.1) is 0 Å². The molecule has 20 heavy (non-hydrogen) atoms. The first-order valence-corrected chi connectivity index (χ1v) is 6.99. The van der Waals surface area contributed by atoms with Crippen LogP contribution in [0.5, 0.6) is 0 Å². The van der Waals surface area contributed by atoms with Gasteiger partial charge in [-0.1, -0.05) is 23.9 Å². The molecule has 0 amide bonds. The van der Waals surface area contributed by atoms with Gasteiger partial charge >= 0.3 is 0 Å². The van der Waals surface area contributed by atoms with Crippen LogP contribution >= 0.6 is 11.8 Å². The van der Waals surface area contributed by atoms with Crippen molar-refractivity contribution in [3.05, 3.63) is 71.0 Å². The largest absolute Gasteiger partial charge is 0.338 e. The third-order valence-corrected chi connectivity index (χ3v) is 4.32. The van der Waals surface area contributed by atoms with Gasteiger partial charge in [0.25, 0.3) is 0 Å². The molecule has 0 saturated carbocycles. The Morgan fingerprint density at radius 2 is 1.85 bits per heavy atom. The van der Waals surface area contributed by atoms with Crippen LogP contribution in [0.25, 0.3) is 0 Å². The van der Waals surface area contributed by atoms with E-state index >= 15 is 0 Å². The number of fused-ring (bicyclic) bond motifs is 1. The predicted octanol–water partition coefficient (Wildman–Crippen LogP) is 4.09. The Balaban J connectivity index is 1.87. The summed E-state index contributed by atoms with van der Waals surface area (Å²) in [5.74, 6) is -0.457. The summed E-state index contributed by atoms with van der Waals surface area (Å²) in [4.78, 5) is 15.3. The molecule has 1 aliphatic heterocycles. The maximum atomic E-state index is 12.9. The topological polar surface area (TPSA) is 20.3 Å². The van der Waals surface area contributed by atoms with Crippen molar-refractivity contribution in [2.24, 2.45) is 0 Å². The van der Waals surface area contributed by atoms with Crippen molar-refractivity contribution < 1.29 is 9.18 Å². The second-order valence-electron chi connectivity index (χ2n) is 4.48. The van der Waals surface area contributed by atoms with Crippen molar-refractivity contribution in [3.8, 4) is 0 Å². The van der Waals surface area contributed by atoms with Crippen LogP contribution in [-0.2, 0) is 0 Å². The van der Waals surface area contributed by atoms with Crippen LogP contribution in [-0.4, -0.2) is 12.8 Å². The van der Waals surface area contributed by atoms with Crippen molar-refractivity contribution in [2.45, 2.75) is 4.90 Å². The number of thioether (sulfide) groups is 1. The number of ketones is 1. The minimum atomic E-state index is -0.339. The molecule has 0 atom stereocenters. The van der Waals surface area contributed by atoms with Gasteiger partial charge in [-0.25, -0.2) is 4.39 Å². The molecule has 1 heterocycles. The van der Waals surface area contributed by atoms with E-state index in [1.165, 1.54) is 24.3 Å². The lowest BCUT2D eigenvalue weighted by Crippen LogP contribution is -2.11. The molecule has 0 aliphatic carbocycles. The highest BCUT2D eigenvalue weighted by atomic mass is 32.2. The summed E-state index contributed by atoms with van der Waals surface area (Å²) in [7, 11) is 1.93. The molecular formula is C16H12FNOS. The molecule has 0 aromatic heterocycles. The second kappa shape index (κ2) is 5.13. The van der Waals surface area contributed by atoms with E-state index < -0.39 is 0 Å². The molecule has 4 heteroatoms. The van der Waals surface area contributed by atoms with Gasteiger partial charge in [0.1, 0.15) is 5.82 Å². The highest BCUT2D eigenvalue weighted by Gasteiger charge is 2.22. The molecule has 3 rings (SSSR count). The Kier molecular flexibility index (Phi) is 3.32. The minimum Gasteiger partial charge on any atom is -0.338 e. The van der Waals surface area contributed by atoms with Crippen LogP contribution in [0.1, 0.15) is 10.4 Å². The SMILES string of the molecule is CN1C(=CC(=O)c2ccc(F)cc2)Sc2ccccc21. The second-order valence-corrected chi connectivity index (χ2v) is 5.54. The van der Waals surface area contributed by atoms with E-state index in [9.17, 15) is 9.18 Å². The number of hydrogen-bond acceptors (Lipinski definition) is 3. The van der Waals surface area contributed by atoms with Crippen molar-refractivity contribution in [1.82, 2.24) is 0 Å². The number of rotatable bonds is 2. The Morgan fingerprint density at radius 1 is 1.15 bits per heavy atom. The van der Waals surface area contributed by atoms with Crippen LogP contribution in [0.2, 0.25) is 0 Å². The first-order chi connectivity index (χ1) is 9.65. The van der Waals surface area contributed by atoms with E-state index in [0.717, 1.165) is 15.6 Å². The number of para-hydroxylation sites is 1. The first kappa shape index (κ1) is 12.9. The molecule has 0 bridgehead atoms. The van der Waals surface area contributed by atoms with E-state index in [1.54, 1.807) is 17.8 Å². The summed E-state index contributed by atoms with van der Waals surface area (Å²) < 4.78 is 12.9.